The molecule has 6 heteroatoms. The van der Waals surface area contributed by atoms with Crippen LogP contribution >= 0.6 is 0 Å². The highest BCUT2D eigenvalue weighted by Gasteiger charge is 2.15. The number of aromatic nitrogens is 2. The van der Waals surface area contributed by atoms with Crippen LogP contribution in [0.25, 0.3) is 5.69 Å². The van der Waals surface area contributed by atoms with Crippen LogP contribution in [-0.2, 0) is 10.0 Å². The smallest absolute Gasteiger partial charge is 0.238 e. The molecule has 118 valence electrons. The maximum atomic E-state index is 11.3. The summed E-state index contributed by atoms with van der Waals surface area (Å²) in [6.07, 6.45) is 3.60. The molecule has 1 atom stereocenters. The second-order valence-electron chi connectivity index (χ2n) is 5.33. The van der Waals surface area contributed by atoms with E-state index in [9.17, 15) is 8.42 Å². The van der Waals surface area contributed by atoms with Gasteiger partial charge in [-0.15, -0.1) is 0 Å². The van der Waals surface area contributed by atoms with E-state index in [-0.39, 0.29) is 10.8 Å². The fraction of sp³-hybridized carbons (Fsp3) is 0.118. The van der Waals surface area contributed by atoms with Crippen molar-refractivity contribution in [2.75, 3.05) is 0 Å². The van der Waals surface area contributed by atoms with Crippen molar-refractivity contribution in [2.45, 2.75) is 17.7 Å². The van der Waals surface area contributed by atoms with Gasteiger partial charge in [0.2, 0.25) is 10.0 Å². The first-order valence-corrected chi connectivity index (χ1v) is 8.73. The fourth-order valence-electron chi connectivity index (χ4n) is 2.54. The predicted molar refractivity (Wildman–Crippen MR) is 88.9 cm³/mol. The van der Waals surface area contributed by atoms with Crippen molar-refractivity contribution in [1.29, 1.82) is 0 Å². The summed E-state index contributed by atoms with van der Waals surface area (Å²) in [6, 6.07) is 16.6. The van der Waals surface area contributed by atoms with Crippen molar-refractivity contribution in [3.63, 3.8) is 0 Å². The van der Waals surface area contributed by atoms with Gasteiger partial charge < -0.3 is 4.57 Å². The summed E-state index contributed by atoms with van der Waals surface area (Å²) in [6.45, 7) is 2.09. The normalized spacial score (nSPS) is 13.0. The van der Waals surface area contributed by atoms with E-state index in [0.29, 0.717) is 0 Å². The number of nitrogens with zero attached hydrogens (tertiary/aromatic N) is 2. The number of sulfonamides is 1. The molecule has 5 nitrogen and oxygen atoms in total. The Labute approximate surface area is 135 Å². The van der Waals surface area contributed by atoms with Gasteiger partial charge in [-0.05, 0) is 29.8 Å². The molecule has 2 N–H and O–H groups in total. The molecule has 3 rings (SSSR count). The minimum absolute atomic E-state index is 0.0963. The first-order valence-electron chi connectivity index (χ1n) is 7.18. The third-order valence-corrected chi connectivity index (χ3v) is 4.73. The number of benzene rings is 2. The van der Waals surface area contributed by atoms with E-state index in [1.807, 2.05) is 29.0 Å². The van der Waals surface area contributed by atoms with E-state index >= 15 is 0 Å². The molecule has 0 aliphatic carbocycles. The van der Waals surface area contributed by atoms with Crippen molar-refractivity contribution >= 4 is 10.0 Å². The summed E-state index contributed by atoms with van der Waals surface area (Å²) < 4.78 is 24.6. The highest BCUT2D eigenvalue weighted by atomic mass is 32.2. The number of rotatable bonds is 4. The molecular formula is C17H17N3O2S. The van der Waals surface area contributed by atoms with Gasteiger partial charge >= 0.3 is 0 Å². The summed E-state index contributed by atoms with van der Waals surface area (Å²) in [4.78, 5) is 4.56. The second kappa shape index (κ2) is 5.98. The Morgan fingerprint density at radius 1 is 1.04 bits per heavy atom. The van der Waals surface area contributed by atoms with E-state index < -0.39 is 10.0 Å². The van der Waals surface area contributed by atoms with E-state index in [2.05, 4.69) is 24.0 Å². The molecule has 23 heavy (non-hydrogen) atoms. The summed E-state index contributed by atoms with van der Waals surface area (Å²) in [5.74, 6) is 1.00. The lowest BCUT2D eigenvalue weighted by molar-refractivity contribution is 0.598. The number of hydrogen-bond donors (Lipinski definition) is 1. The minimum Gasteiger partial charge on any atom is -0.303 e. The highest BCUT2D eigenvalue weighted by molar-refractivity contribution is 7.89. The van der Waals surface area contributed by atoms with Crippen LogP contribution in [0.5, 0.6) is 0 Å². The summed E-state index contributed by atoms with van der Waals surface area (Å²) in [7, 11) is -3.68. The van der Waals surface area contributed by atoms with Gasteiger partial charge in [-0.25, -0.2) is 18.5 Å². The third kappa shape index (κ3) is 3.18. The fourth-order valence-corrected chi connectivity index (χ4v) is 3.06. The average molecular weight is 327 g/mol. The Bertz CT molecular complexity index is 901. The van der Waals surface area contributed by atoms with E-state index in [0.717, 1.165) is 11.5 Å². The van der Waals surface area contributed by atoms with Crippen molar-refractivity contribution in [3.05, 3.63) is 78.4 Å². The number of primary sulfonamides is 1. The summed E-state index contributed by atoms with van der Waals surface area (Å²) in [5.41, 5.74) is 2.01. The van der Waals surface area contributed by atoms with Gasteiger partial charge in [0.15, 0.2) is 0 Å². The van der Waals surface area contributed by atoms with Crippen molar-refractivity contribution < 1.29 is 8.42 Å². The van der Waals surface area contributed by atoms with Gasteiger partial charge in [0.25, 0.3) is 0 Å². The first kappa shape index (κ1) is 15.5. The molecule has 0 saturated carbocycles. The Morgan fingerprint density at radius 2 is 1.70 bits per heavy atom. The molecule has 0 aliphatic heterocycles. The van der Waals surface area contributed by atoms with Crippen LogP contribution in [0.3, 0.4) is 0 Å². The summed E-state index contributed by atoms with van der Waals surface area (Å²) >= 11 is 0. The Balaban J connectivity index is 1.98. The standard InChI is InChI=1S/C17H17N3O2S/c1-13(14-5-3-2-4-6-14)17-19-11-12-20(17)15-7-9-16(10-8-15)23(18,21)22/h2-13H,1H3,(H2,18,21,22). The lowest BCUT2D eigenvalue weighted by atomic mass is 10.0. The van der Waals surface area contributed by atoms with E-state index in [1.165, 1.54) is 17.7 Å². The maximum absolute atomic E-state index is 11.3. The molecule has 0 radical (unpaired) electrons. The van der Waals surface area contributed by atoms with Crippen LogP contribution in [0.15, 0.2) is 71.9 Å². The highest BCUT2D eigenvalue weighted by Crippen LogP contribution is 2.25. The molecule has 0 bridgehead atoms. The number of nitrogens with two attached hydrogens (primary N) is 1. The average Bonchev–Trinajstić information content (AvgIpc) is 3.04. The largest absolute Gasteiger partial charge is 0.303 e. The molecule has 1 aromatic heterocycles. The van der Waals surface area contributed by atoms with Gasteiger partial charge in [-0.2, -0.15) is 0 Å². The molecule has 0 saturated heterocycles. The van der Waals surface area contributed by atoms with E-state index in [4.69, 9.17) is 5.14 Å². The Hall–Kier alpha value is -2.44. The first-order chi connectivity index (χ1) is 11.0. The van der Waals surface area contributed by atoms with Gasteiger partial charge in [0.1, 0.15) is 5.82 Å². The zero-order valence-electron chi connectivity index (χ0n) is 12.6. The zero-order valence-corrected chi connectivity index (χ0v) is 13.4. The third-order valence-electron chi connectivity index (χ3n) is 3.80. The SMILES string of the molecule is CC(c1ccccc1)c1nccn1-c1ccc(S(N)(=O)=O)cc1. The van der Waals surface area contributed by atoms with Crippen LogP contribution in [0.2, 0.25) is 0 Å². The molecule has 0 aliphatic rings. The Morgan fingerprint density at radius 3 is 2.30 bits per heavy atom. The predicted octanol–water partition coefficient (Wildman–Crippen LogP) is 2.67. The number of hydrogen-bond acceptors (Lipinski definition) is 3. The lowest BCUT2D eigenvalue weighted by Gasteiger charge is -2.15. The molecule has 0 fully saturated rings. The van der Waals surface area contributed by atoms with E-state index in [1.54, 1.807) is 18.3 Å². The summed E-state index contributed by atoms with van der Waals surface area (Å²) in [5, 5.41) is 5.13. The molecule has 2 aromatic carbocycles. The lowest BCUT2D eigenvalue weighted by Crippen LogP contribution is -2.12. The van der Waals surface area contributed by atoms with Crippen LogP contribution < -0.4 is 5.14 Å². The van der Waals surface area contributed by atoms with Crippen molar-refractivity contribution in [1.82, 2.24) is 9.55 Å². The van der Waals surface area contributed by atoms with Crippen LogP contribution in [-0.4, -0.2) is 18.0 Å². The van der Waals surface area contributed by atoms with Crippen LogP contribution in [0.4, 0.5) is 0 Å². The minimum atomic E-state index is -3.68. The van der Waals surface area contributed by atoms with Gasteiger partial charge in [-0.1, -0.05) is 37.3 Å². The topological polar surface area (TPSA) is 78.0 Å². The molecule has 0 spiro atoms. The monoisotopic (exact) mass is 327 g/mol. The number of imidazole rings is 1. The maximum Gasteiger partial charge on any atom is 0.238 e. The second-order valence-corrected chi connectivity index (χ2v) is 6.89. The van der Waals surface area contributed by atoms with Gasteiger partial charge in [-0.3, -0.25) is 0 Å². The van der Waals surface area contributed by atoms with Crippen molar-refractivity contribution in [3.8, 4) is 5.69 Å². The van der Waals surface area contributed by atoms with Gasteiger partial charge in [0, 0.05) is 24.0 Å². The molecule has 1 unspecified atom stereocenters. The van der Waals surface area contributed by atoms with Crippen LogP contribution in [0.1, 0.15) is 24.2 Å². The molecule has 1 heterocycles. The zero-order chi connectivity index (χ0) is 16.4. The quantitative estimate of drug-likeness (QED) is 0.800. The Kier molecular flexibility index (Phi) is 4.02. The molecular weight excluding hydrogens is 310 g/mol. The van der Waals surface area contributed by atoms with Gasteiger partial charge in [0.05, 0.1) is 4.90 Å². The molecule has 0 amide bonds. The van der Waals surface area contributed by atoms with Crippen LogP contribution in [0, 0.1) is 0 Å². The van der Waals surface area contributed by atoms with Crippen molar-refractivity contribution in [2.24, 2.45) is 5.14 Å². The molecule has 3 aromatic rings.